The molecule has 2 heterocycles. The van der Waals surface area contributed by atoms with Crippen LogP contribution in [0.4, 0.5) is 0 Å². The van der Waals surface area contributed by atoms with Crippen LogP contribution in [0.5, 0.6) is 0 Å². The summed E-state index contributed by atoms with van der Waals surface area (Å²) in [5, 5.41) is 8.86. The smallest absolute Gasteiger partial charge is 0.354 e. The van der Waals surface area contributed by atoms with Crippen molar-refractivity contribution in [2.75, 3.05) is 31.8 Å². The molecular weight excluding hydrogens is 336 g/mol. The lowest BCUT2D eigenvalue weighted by molar-refractivity contribution is 0.0664. The van der Waals surface area contributed by atoms with Gasteiger partial charge in [-0.15, -0.1) is 0 Å². The summed E-state index contributed by atoms with van der Waals surface area (Å²) < 4.78 is 28.4. The van der Waals surface area contributed by atoms with E-state index in [-0.39, 0.29) is 34.7 Å². The Kier molecular flexibility index (Phi) is 5.89. The van der Waals surface area contributed by atoms with Crippen LogP contribution >= 0.6 is 0 Å². The van der Waals surface area contributed by atoms with Crippen molar-refractivity contribution in [1.82, 2.24) is 9.88 Å². The molecule has 2 rings (SSSR count). The zero-order valence-electron chi connectivity index (χ0n) is 13.3. The molecule has 0 aromatic carbocycles. The summed E-state index contributed by atoms with van der Waals surface area (Å²) in [5.74, 6) is -1.50. The SMILES string of the molecule is COCCCN(C(=O)c1ccc(C(=O)O)nc1)C1CCS(=O)(=O)C1. The maximum atomic E-state index is 12.7. The number of hydrogen-bond acceptors (Lipinski definition) is 6. The van der Waals surface area contributed by atoms with Crippen molar-refractivity contribution < 1.29 is 27.9 Å². The van der Waals surface area contributed by atoms with Gasteiger partial charge in [0, 0.05) is 32.5 Å². The minimum absolute atomic E-state index is 0.0492. The van der Waals surface area contributed by atoms with Crippen LogP contribution in [-0.2, 0) is 14.6 Å². The lowest BCUT2D eigenvalue weighted by Gasteiger charge is -2.28. The number of ether oxygens (including phenoxy) is 1. The molecule has 1 aromatic heterocycles. The molecule has 1 N–H and O–H groups in total. The summed E-state index contributed by atoms with van der Waals surface area (Å²) in [7, 11) is -1.57. The third-order valence-electron chi connectivity index (χ3n) is 3.89. The van der Waals surface area contributed by atoms with Crippen molar-refractivity contribution in [3.05, 3.63) is 29.6 Å². The molecule has 0 spiro atoms. The molecule has 9 heteroatoms. The predicted octanol–water partition coefficient (Wildman–Crippen LogP) is 0.446. The maximum Gasteiger partial charge on any atom is 0.354 e. The molecule has 0 saturated carbocycles. The second-order valence-corrected chi connectivity index (χ2v) is 7.87. The number of amides is 1. The van der Waals surface area contributed by atoms with Gasteiger partial charge in [0.05, 0.1) is 17.1 Å². The molecule has 1 aromatic rings. The Balaban J connectivity index is 2.18. The van der Waals surface area contributed by atoms with Crippen molar-refractivity contribution >= 4 is 21.7 Å². The van der Waals surface area contributed by atoms with E-state index in [1.165, 1.54) is 23.2 Å². The monoisotopic (exact) mass is 356 g/mol. The summed E-state index contributed by atoms with van der Waals surface area (Å²) in [6.07, 6.45) is 2.19. The van der Waals surface area contributed by atoms with Gasteiger partial charge in [0.25, 0.3) is 5.91 Å². The largest absolute Gasteiger partial charge is 0.477 e. The van der Waals surface area contributed by atoms with E-state index < -0.39 is 15.8 Å². The molecule has 0 bridgehead atoms. The van der Waals surface area contributed by atoms with Gasteiger partial charge < -0.3 is 14.7 Å². The molecule has 132 valence electrons. The van der Waals surface area contributed by atoms with Crippen LogP contribution in [0.1, 0.15) is 33.7 Å². The number of carboxylic acid groups (broad SMARTS) is 1. The van der Waals surface area contributed by atoms with Crippen LogP contribution < -0.4 is 0 Å². The van der Waals surface area contributed by atoms with E-state index in [2.05, 4.69) is 4.98 Å². The fourth-order valence-electron chi connectivity index (χ4n) is 2.66. The number of methoxy groups -OCH3 is 1. The number of aromatic carboxylic acids is 1. The predicted molar refractivity (Wildman–Crippen MR) is 85.8 cm³/mol. The number of aromatic nitrogens is 1. The van der Waals surface area contributed by atoms with Crippen molar-refractivity contribution in [1.29, 1.82) is 0 Å². The average Bonchev–Trinajstić information content (AvgIpc) is 2.91. The van der Waals surface area contributed by atoms with E-state index in [4.69, 9.17) is 9.84 Å². The molecule has 1 unspecified atom stereocenters. The summed E-state index contributed by atoms with van der Waals surface area (Å²) in [6.45, 7) is 0.826. The number of rotatable bonds is 7. The number of carbonyl (C=O) groups is 2. The highest BCUT2D eigenvalue weighted by Crippen LogP contribution is 2.20. The Morgan fingerprint density at radius 2 is 2.17 bits per heavy atom. The molecule has 1 atom stereocenters. The second kappa shape index (κ2) is 7.71. The van der Waals surface area contributed by atoms with Gasteiger partial charge in [0.15, 0.2) is 9.84 Å². The molecule has 0 radical (unpaired) electrons. The molecule has 1 aliphatic heterocycles. The Bertz CT molecular complexity index is 701. The minimum Gasteiger partial charge on any atom is -0.477 e. The van der Waals surface area contributed by atoms with Gasteiger partial charge >= 0.3 is 5.97 Å². The van der Waals surface area contributed by atoms with E-state index in [9.17, 15) is 18.0 Å². The van der Waals surface area contributed by atoms with Crippen molar-refractivity contribution in [2.45, 2.75) is 18.9 Å². The van der Waals surface area contributed by atoms with Crippen LogP contribution in [0, 0.1) is 0 Å². The molecule has 1 saturated heterocycles. The zero-order chi connectivity index (χ0) is 17.7. The number of carboxylic acids is 1. The van der Waals surface area contributed by atoms with Crippen LogP contribution in [0.3, 0.4) is 0 Å². The number of nitrogens with zero attached hydrogens (tertiary/aromatic N) is 2. The molecule has 1 fully saturated rings. The van der Waals surface area contributed by atoms with Crippen molar-refractivity contribution in [3.8, 4) is 0 Å². The van der Waals surface area contributed by atoms with Crippen LogP contribution in [0.2, 0.25) is 0 Å². The van der Waals surface area contributed by atoms with Crippen molar-refractivity contribution in [3.63, 3.8) is 0 Å². The van der Waals surface area contributed by atoms with Gasteiger partial charge in [-0.1, -0.05) is 0 Å². The first-order valence-corrected chi connectivity index (χ1v) is 9.36. The number of hydrogen-bond donors (Lipinski definition) is 1. The maximum absolute atomic E-state index is 12.7. The normalized spacial score (nSPS) is 19.1. The van der Waals surface area contributed by atoms with Crippen LogP contribution in [0.15, 0.2) is 18.3 Å². The fourth-order valence-corrected chi connectivity index (χ4v) is 4.39. The molecular formula is C15H20N2O6S. The van der Waals surface area contributed by atoms with Gasteiger partial charge in [-0.2, -0.15) is 0 Å². The molecule has 1 amide bonds. The van der Waals surface area contributed by atoms with E-state index in [1.807, 2.05) is 0 Å². The van der Waals surface area contributed by atoms with Crippen LogP contribution in [-0.4, -0.2) is 73.1 Å². The average molecular weight is 356 g/mol. The lowest BCUT2D eigenvalue weighted by atomic mass is 10.1. The number of carbonyl (C=O) groups excluding carboxylic acids is 1. The minimum atomic E-state index is -3.12. The first-order valence-electron chi connectivity index (χ1n) is 7.54. The molecule has 24 heavy (non-hydrogen) atoms. The van der Waals surface area contributed by atoms with Gasteiger partial charge in [0.1, 0.15) is 5.69 Å². The summed E-state index contributed by atoms with van der Waals surface area (Å²) in [6, 6.07) is 2.28. The van der Waals surface area contributed by atoms with E-state index in [1.54, 1.807) is 7.11 Å². The van der Waals surface area contributed by atoms with Gasteiger partial charge in [-0.25, -0.2) is 18.2 Å². The zero-order valence-corrected chi connectivity index (χ0v) is 14.2. The summed E-state index contributed by atoms with van der Waals surface area (Å²) >= 11 is 0. The molecule has 0 aliphatic carbocycles. The number of sulfone groups is 1. The Labute approximate surface area is 140 Å². The summed E-state index contributed by atoms with van der Waals surface area (Å²) in [4.78, 5) is 28.8. The second-order valence-electron chi connectivity index (χ2n) is 5.64. The topological polar surface area (TPSA) is 114 Å². The highest BCUT2D eigenvalue weighted by atomic mass is 32.2. The highest BCUT2D eigenvalue weighted by molar-refractivity contribution is 7.91. The quantitative estimate of drug-likeness (QED) is 0.705. The summed E-state index contributed by atoms with van der Waals surface area (Å²) in [5.41, 5.74) is 0.0858. The Morgan fingerprint density at radius 1 is 1.42 bits per heavy atom. The van der Waals surface area contributed by atoms with E-state index >= 15 is 0 Å². The van der Waals surface area contributed by atoms with Crippen molar-refractivity contribution in [2.24, 2.45) is 0 Å². The van der Waals surface area contributed by atoms with Gasteiger partial charge in [-0.3, -0.25) is 4.79 Å². The molecule has 8 nitrogen and oxygen atoms in total. The lowest BCUT2D eigenvalue weighted by Crippen LogP contribution is -2.42. The third kappa shape index (κ3) is 4.51. The third-order valence-corrected chi connectivity index (χ3v) is 5.64. The van der Waals surface area contributed by atoms with Crippen LogP contribution in [0.25, 0.3) is 0 Å². The van der Waals surface area contributed by atoms with E-state index in [0.29, 0.717) is 26.0 Å². The first kappa shape index (κ1) is 18.3. The fraction of sp³-hybridized carbons (Fsp3) is 0.533. The number of pyridine rings is 1. The van der Waals surface area contributed by atoms with E-state index in [0.717, 1.165) is 0 Å². The van der Waals surface area contributed by atoms with Gasteiger partial charge in [0.2, 0.25) is 0 Å². The Morgan fingerprint density at radius 3 is 2.67 bits per heavy atom. The standard InChI is InChI=1S/C15H20N2O6S/c1-23-7-2-6-17(12-5-8-24(21,22)10-12)14(18)11-3-4-13(15(19)20)16-9-11/h3-4,9,12H,2,5-8,10H2,1H3,(H,19,20). The highest BCUT2D eigenvalue weighted by Gasteiger charge is 2.34. The van der Waals surface area contributed by atoms with Gasteiger partial charge in [-0.05, 0) is 25.0 Å². The first-order chi connectivity index (χ1) is 11.3. The molecule has 1 aliphatic rings. The Hall–Kier alpha value is -2.00.